The number of halogens is 7. The summed E-state index contributed by atoms with van der Waals surface area (Å²) in [4.78, 5) is 18.8. The molecule has 0 aliphatic heterocycles. The molecule has 1 aliphatic carbocycles. The largest absolute Gasteiger partial charge is 0.363 e. The molecule has 33 heavy (non-hydrogen) atoms. The normalized spacial score (nSPS) is 18.6. The van der Waals surface area contributed by atoms with Gasteiger partial charge in [-0.05, 0) is 44.4 Å². The third-order valence-corrected chi connectivity index (χ3v) is 6.79. The second-order valence-corrected chi connectivity index (χ2v) is 10.6. The number of pyridine rings is 1. The minimum atomic E-state index is -9.87. The molecule has 1 aliphatic rings. The molecular formula is C20H19F7N4OS. The summed E-state index contributed by atoms with van der Waals surface area (Å²) >= 11 is 0. The molecule has 2 heterocycles. The van der Waals surface area contributed by atoms with E-state index in [1.807, 2.05) is 0 Å². The average Bonchev–Trinajstić information content (AvgIpc) is 3.47. The molecule has 0 amide bonds. The summed E-state index contributed by atoms with van der Waals surface area (Å²) in [5, 5.41) is 3.04. The van der Waals surface area contributed by atoms with Crippen molar-refractivity contribution in [2.45, 2.75) is 49.6 Å². The van der Waals surface area contributed by atoms with Gasteiger partial charge in [-0.15, -0.1) is 0 Å². The van der Waals surface area contributed by atoms with Gasteiger partial charge in [0.25, 0.3) is 12.0 Å². The average molecular weight is 496 g/mol. The number of nitrogens with zero attached hydrogens (tertiary/aromatic N) is 3. The summed E-state index contributed by atoms with van der Waals surface area (Å²) in [7, 11) is -9.87. The van der Waals surface area contributed by atoms with Gasteiger partial charge >= 0.3 is 10.2 Å². The first-order valence-corrected chi connectivity index (χ1v) is 11.8. The van der Waals surface area contributed by atoms with Crippen LogP contribution in [0.25, 0.3) is 10.9 Å². The molecule has 0 saturated heterocycles. The number of aromatic nitrogens is 3. The number of benzene rings is 1. The minimum Gasteiger partial charge on any atom is -0.363 e. The van der Waals surface area contributed by atoms with Crippen LogP contribution in [0.15, 0.2) is 46.2 Å². The molecule has 3 aromatic rings. The summed E-state index contributed by atoms with van der Waals surface area (Å²) in [6.07, 6.45) is -1.34. The highest BCUT2D eigenvalue weighted by Crippen LogP contribution is 3.02. The minimum absolute atomic E-state index is 0.0709. The van der Waals surface area contributed by atoms with E-state index in [0.717, 1.165) is 16.7 Å². The van der Waals surface area contributed by atoms with Gasteiger partial charge in [0.1, 0.15) is 22.1 Å². The van der Waals surface area contributed by atoms with E-state index < -0.39 is 38.7 Å². The molecule has 0 radical (unpaired) electrons. The topological polar surface area (TPSA) is 59.8 Å². The van der Waals surface area contributed by atoms with Crippen molar-refractivity contribution >= 4 is 26.9 Å². The Hall–Kier alpha value is -2.83. The molecular weight excluding hydrogens is 477 g/mol. The molecule has 1 saturated carbocycles. The lowest BCUT2D eigenvalue weighted by molar-refractivity contribution is 0.0654. The van der Waals surface area contributed by atoms with Crippen LogP contribution < -0.4 is 10.9 Å². The van der Waals surface area contributed by atoms with Crippen LogP contribution in [-0.4, -0.2) is 21.0 Å². The highest BCUT2D eigenvalue weighted by Gasteiger charge is 2.65. The zero-order valence-corrected chi connectivity index (χ0v) is 18.2. The SMILES string of the molecule is Cc1nc(N[C@H](C)c2cccc(S(F)(F)(F)(F)F)c2)c2cn(C3(C(F)F)CC3)c(=O)cc2n1. The number of nitrogens with one attached hydrogen (secondary N) is 1. The number of alkyl halides is 2. The molecule has 0 unspecified atom stereocenters. The first-order chi connectivity index (χ1) is 15.0. The van der Waals surface area contributed by atoms with Gasteiger partial charge < -0.3 is 9.88 Å². The van der Waals surface area contributed by atoms with Crippen molar-refractivity contribution < 1.29 is 28.2 Å². The first kappa shape index (κ1) is 23.3. The van der Waals surface area contributed by atoms with Gasteiger partial charge in [0.15, 0.2) is 0 Å². The van der Waals surface area contributed by atoms with Crippen molar-refractivity contribution in [2.24, 2.45) is 0 Å². The van der Waals surface area contributed by atoms with Crippen molar-refractivity contribution in [3.05, 3.63) is 58.3 Å². The van der Waals surface area contributed by atoms with E-state index in [1.165, 1.54) is 26.1 Å². The van der Waals surface area contributed by atoms with E-state index in [9.17, 15) is 33.0 Å². The van der Waals surface area contributed by atoms with Crippen LogP contribution in [0.1, 0.15) is 37.2 Å². The maximum Gasteiger partial charge on any atom is 0.310 e. The fraction of sp³-hybridized carbons (Fsp3) is 0.350. The molecule has 2 aromatic heterocycles. The standard InChI is InChI=1S/C20H19F7N4OS/c1-11(13-4-3-5-14(8-13)33(23,24,25,26)27)28-18-15-10-31(20(6-7-20)19(21)22)17(32)9-16(15)29-12(2)30-18/h3-5,8-11,19H,6-7H2,1-2H3,(H,28,29,30)/t11-/m1/s1. The predicted molar refractivity (Wildman–Crippen MR) is 112 cm³/mol. The van der Waals surface area contributed by atoms with Crippen LogP contribution in [0.5, 0.6) is 0 Å². The molecule has 1 aromatic carbocycles. The Morgan fingerprint density at radius 2 is 1.76 bits per heavy atom. The second-order valence-electron chi connectivity index (χ2n) is 8.21. The zero-order chi connectivity index (χ0) is 24.5. The van der Waals surface area contributed by atoms with E-state index in [0.29, 0.717) is 12.1 Å². The summed E-state index contributed by atoms with van der Waals surface area (Å²) in [5.41, 5.74) is -2.22. The third-order valence-electron chi connectivity index (χ3n) is 5.65. The van der Waals surface area contributed by atoms with E-state index in [1.54, 1.807) is 0 Å². The Bertz CT molecular complexity index is 1320. The summed E-state index contributed by atoms with van der Waals surface area (Å²) in [6, 6.07) is 2.96. The Labute approximate surface area is 183 Å². The first-order valence-electron chi connectivity index (χ1n) is 9.80. The molecule has 180 valence electrons. The van der Waals surface area contributed by atoms with Gasteiger partial charge in [-0.1, -0.05) is 31.6 Å². The van der Waals surface area contributed by atoms with Gasteiger partial charge in [-0.25, -0.2) is 18.7 Å². The van der Waals surface area contributed by atoms with Crippen LogP contribution in [-0.2, 0) is 5.54 Å². The monoisotopic (exact) mass is 496 g/mol. The van der Waals surface area contributed by atoms with Crippen LogP contribution in [0.2, 0.25) is 0 Å². The van der Waals surface area contributed by atoms with Crippen molar-refractivity contribution in [1.82, 2.24) is 14.5 Å². The lowest BCUT2D eigenvalue weighted by Gasteiger charge is -2.40. The quantitative estimate of drug-likeness (QED) is 0.387. The maximum absolute atomic E-state index is 13.6. The molecule has 1 N–H and O–H groups in total. The van der Waals surface area contributed by atoms with Gasteiger partial charge in [0.05, 0.1) is 16.9 Å². The third kappa shape index (κ3) is 4.37. The Morgan fingerprint density at radius 1 is 1.09 bits per heavy atom. The number of anilines is 1. The van der Waals surface area contributed by atoms with Gasteiger partial charge in [0.2, 0.25) is 0 Å². The molecule has 0 bridgehead atoms. The van der Waals surface area contributed by atoms with Crippen LogP contribution in [0.3, 0.4) is 0 Å². The Morgan fingerprint density at radius 3 is 2.33 bits per heavy atom. The fourth-order valence-corrected chi connectivity index (χ4v) is 4.38. The number of fused-ring (bicyclic) bond motifs is 1. The predicted octanol–water partition coefficient (Wildman–Crippen LogP) is 6.68. The zero-order valence-electron chi connectivity index (χ0n) is 17.3. The van der Waals surface area contributed by atoms with E-state index in [-0.39, 0.29) is 41.0 Å². The van der Waals surface area contributed by atoms with E-state index in [4.69, 9.17) is 0 Å². The highest BCUT2D eigenvalue weighted by molar-refractivity contribution is 8.45. The summed E-state index contributed by atoms with van der Waals surface area (Å²) in [5.74, 6) is 0.284. The maximum atomic E-state index is 13.6. The summed E-state index contributed by atoms with van der Waals surface area (Å²) in [6.45, 7) is 2.95. The van der Waals surface area contributed by atoms with E-state index >= 15 is 0 Å². The van der Waals surface area contributed by atoms with Crippen molar-refractivity contribution in [2.75, 3.05) is 5.32 Å². The number of rotatable bonds is 6. The van der Waals surface area contributed by atoms with Crippen molar-refractivity contribution in [3.63, 3.8) is 0 Å². The van der Waals surface area contributed by atoms with Gasteiger partial charge in [0, 0.05) is 12.3 Å². The molecule has 0 spiro atoms. The van der Waals surface area contributed by atoms with Crippen molar-refractivity contribution in [1.29, 1.82) is 0 Å². The molecule has 1 atom stereocenters. The van der Waals surface area contributed by atoms with Crippen LogP contribution in [0.4, 0.5) is 34.0 Å². The Kier molecular flexibility index (Phi) is 4.67. The fourth-order valence-electron chi connectivity index (χ4n) is 3.68. The van der Waals surface area contributed by atoms with Gasteiger partial charge in [-0.3, -0.25) is 4.79 Å². The lowest BCUT2D eigenvalue weighted by atomic mass is 10.1. The molecule has 13 heteroatoms. The highest BCUT2D eigenvalue weighted by atomic mass is 32.5. The number of hydrogen-bond donors (Lipinski definition) is 1. The van der Waals surface area contributed by atoms with Crippen LogP contribution >= 0.6 is 10.2 Å². The van der Waals surface area contributed by atoms with Crippen LogP contribution in [0, 0.1) is 6.92 Å². The van der Waals surface area contributed by atoms with Crippen molar-refractivity contribution in [3.8, 4) is 0 Å². The Balaban J connectivity index is 1.77. The molecule has 1 fully saturated rings. The van der Waals surface area contributed by atoms with Gasteiger partial charge in [-0.2, -0.15) is 0 Å². The molecule has 4 rings (SSSR count). The lowest BCUT2D eigenvalue weighted by Crippen LogP contribution is -2.35. The smallest absolute Gasteiger partial charge is 0.310 e. The number of hydrogen-bond acceptors (Lipinski definition) is 4. The summed E-state index contributed by atoms with van der Waals surface area (Å²) < 4.78 is 94.1. The number of aryl methyl sites for hydroxylation is 1. The second kappa shape index (κ2) is 6.61. The molecule has 5 nitrogen and oxygen atoms in total. The van der Waals surface area contributed by atoms with E-state index in [2.05, 4.69) is 15.3 Å².